The lowest BCUT2D eigenvalue weighted by Gasteiger charge is -2.46. The van der Waals surface area contributed by atoms with Gasteiger partial charge in [0.25, 0.3) is 0 Å². The molecule has 1 aliphatic carbocycles. The van der Waals surface area contributed by atoms with Crippen LogP contribution in [0.4, 0.5) is 4.39 Å². The van der Waals surface area contributed by atoms with Crippen LogP contribution in [0.2, 0.25) is 0 Å². The van der Waals surface area contributed by atoms with Crippen LogP contribution in [0.5, 0.6) is 0 Å². The van der Waals surface area contributed by atoms with Crippen molar-refractivity contribution < 1.29 is 4.39 Å². The highest BCUT2D eigenvalue weighted by Gasteiger charge is 2.41. The van der Waals surface area contributed by atoms with Crippen LogP contribution in [0.15, 0.2) is 18.2 Å². The van der Waals surface area contributed by atoms with E-state index in [0.717, 1.165) is 13.1 Å². The van der Waals surface area contributed by atoms with Crippen molar-refractivity contribution in [3.05, 3.63) is 35.1 Å². The molecule has 0 unspecified atom stereocenters. The van der Waals surface area contributed by atoms with E-state index in [1.54, 1.807) is 12.1 Å². The summed E-state index contributed by atoms with van der Waals surface area (Å²) in [6, 6.07) is 5.24. The van der Waals surface area contributed by atoms with E-state index in [4.69, 9.17) is 0 Å². The lowest BCUT2D eigenvalue weighted by atomic mass is 9.62. The largest absolute Gasteiger partial charge is 0.312 e. The summed E-state index contributed by atoms with van der Waals surface area (Å²) in [5, 5.41) is 3.43. The van der Waals surface area contributed by atoms with Crippen LogP contribution < -0.4 is 5.32 Å². The second kappa shape index (κ2) is 2.80. The summed E-state index contributed by atoms with van der Waals surface area (Å²) in [5.41, 5.74) is 2.83. The van der Waals surface area contributed by atoms with Crippen molar-refractivity contribution in [2.45, 2.75) is 31.2 Å². The zero-order valence-electron chi connectivity index (χ0n) is 8.15. The normalized spacial score (nSPS) is 22.9. The summed E-state index contributed by atoms with van der Waals surface area (Å²) in [6.07, 6.45) is 3.73. The zero-order valence-corrected chi connectivity index (χ0v) is 8.15. The van der Waals surface area contributed by atoms with Crippen LogP contribution in [0.1, 0.15) is 30.4 Å². The Labute approximate surface area is 83.3 Å². The summed E-state index contributed by atoms with van der Waals surface area (Å²) < 4.78 is 13.2. The zero-order chi connectivity index (χ0) is 9.60. The summed E-state index contributed by atoms with van der Waals surface area (Å²) in [7, 11) is 0. The Morgan fingerprint density at radius 1 is 1.29 bits per heavy atom. The first-order valence-electron chi connectivity index (χ1n) is 5.30. The van der Waals surface area contributed by atoms with Gasteiger partial charge in [0.1, 0.15) is 5.82 Å². The Hall–Kier alpha value is -0.890. The summed E-state index contributed by atoms with van der Waals surface area (Å²) in [6.45, 7) is 1.93. The first-order chi connectivity index (χ1) is 6.80. The molecule has 1 spiro atoms. The maximum Gasteiger partial charge on any atom is 0.123 e. The van der Waals surface area contributed by atoms with Crippen LogP contribution in [-0.2, 0) is 12.0 Å². The molecule has 1 nitrogen and oxygen atoms in total. The van der Waals surface area contributed by atoms with Gasteiger partial charge in [-0.25, -0.2) is 4.39 Å². The van der Waals surface area contributed by atoms with Gasteiger partial charge in [0.2, 0.25) is 0 Å². The third kappa shape index (κ3) is 1.04. The standard InChI is InChI=1S/C12H14FN/c13-10-3-2-9-7-14-8-12(4-1-5-12)11(9)6-10/h2-3,6,14H,1,4-5,7-8H2. The molecular weight excluding hydrogens is 177 g/mol. The molecule has 1 aromatic carbocycles. The van der Waals surface area contributed by atoms with Crippen molar-refractivity contribution in [1.82, 2.24) is 5.32 Å². The van der Waals surface area contributed by atoms with Gasteiger partial charge in [-0.05, 0) is 36.1 Å². The molecule has 1 heterocycles. The molecule has 2 aliphatic rings. The van der Waals surface area contributed by atoms with Gasteiger partial charge in [-0.15, -0.1) is 0 Å². The van der Waals surface area contributed by atoms with Gasteiger partial charge in [0, 0.05) is 18.5 Å². The predicted octanol–water partition coefficient (Wildman–Crippen LogP) is 2.35. The molecule has 1 aliphatic heterocycles. The highest BCUT2D eigenvalue weighted by atomic mass is 19.1. The number of rotatable bonds is 0. The molecule has 74 valence electrons. The number of benzene rings is 1. The lowest BCUT2D eigenvalue weighted by Crippen LogP contribution is -2.47. The molecule has 1 aromatic rings. The molecule has 3 rings (SSSR count). The molecule has 0 amide bonds. The fraction of sp³-hybridized carbons (Fsp3) is 0.500. The molecule has 2 heteroatoms. The first-order valence-corrected chi connectivity index (χ1v) is 5.30. The van der Waals surface area contributed by atoms with Gasteiger partial charge in [-0.2, -0.15) is 0 Å². The Morgan fingerprint density at radius 3 is 2.86 bits per heavy atom. The van der Waals surface area contributed by atoms with Crippen LogP contribution in [0, 0.1) is 5.82 Å². The maximum absolute atomic E-state index is 13.2. The summed E-state index contributed by atoms with van der Waals surface area (Å²) >= 11 is 0. The van der Waals surface area contributed by atoms with E-state index >= 15 is 0 Å². The number of hydrogen-bond donors (Lipinski definition) is 1. The van der Waals surface area contributed by atoms with Crippen molar-refractivity contribution in [3.63, 3.8) is 0 Å². The number of hydrogen-bond acceptors (Lipinski definition) is 1. The van der Waals surface area contributed by atoms with Crippen LogP contribution >= 0.6 is 0 Å². The number of fused-ring (bicyclic) bond motifs is 2. The van der Waals surface area contributed by atoms with Crippen molar-refractivity contribution in [2.75, 3.05) is 6.54 Å². The van der Waals surface area contributed by atoms with Crippen molar-refractivity contribution >= 4 is 0 Å². The molecule has 1 saturated carbocycles. The fourth-order valence-electron chi connectivity index (χ4n) is 2.78. The van der Waals surface area contributed by atoms with Gasteiger partial charge in [-0.1, -0.05) is 12.5 Å². The second-order valence-corrected chi connectivity index (χ2v) is 4.54. The minimum Gasteiger partial charge on any atom is -0.312 e. The molecule has 0 atom stereocenters. The topological polar surface area (TPSA) is 12.0 Å². The molecule has 0 bridgehead atoms. The minimum absolute atomic E-state index is 0.0862. The van der Waals surface area contributed by atoms with E-state index in [2.05, 4.69) is 5.32 Å². The van der Waals surface area contributed by atoms with E-state index in [1.165, 1.54) is 30.4 Å². The number of halogens is 1. The Bertz CT molecular complexity index is 369. The molecule has 1 fully saturated rings. The predicted molar refractivity (Wildman–Crippen MR) is 53.6 cm³/mol. The van der Waals surface area contributed by atoms with Crippen molar-refractivity contribution in [1.29, 1.82) is 0 Å². The van der Waals surface area contributed by atoms with Crippen LogP contribution in [-0.4, -0.2) is 6.54 Å². The monoisotopic (exact) mass is 191 g/mol. The first kappa shape index (κ1) is 8.42. The molecule has 1 N–H and O–H groups in total. The van der Waals surface area contributed by atoms with Crippen molar-refractivity contribution in [3.8, 4) is 0 Å². The van der Waals surface area contributed by atoms with E-state index < -0.39 is 0 Å². The second-order valence-electron chi connectivity index (χ2n) is 4.54. The van der Waals surface area contributed by atoms with Gasteiger partial charge in [-0.3, -0.25) is 0 Å². The van der Waals surface area contributed by atoms with E-state index in [0.29, 0.717) is 0 Å². The highest BCUT2D eigenvalue weighted by Crippen LogP contribution is 2.46. The van der Waals surface area contributed by atoms with E-state index in [9.17, 15) is 4.39 Å². The van der Waals surface area contributed by atoms with Gasteiger partial charge in [0.15, 0.2) is 0 Å². The van der Waals surface area contributed by atoms with Gasteiger partial charge in [0.05, 0.1) is 0 Å². The van der Waals surface area contributed by atoms with Crippen molar-refractivity contribution in [2.24, 2.45) is 0 Å². The molecule has 0 aromatic heterocycles. The van der Waals surface area contributed by atoms with Crippen LogP contribution in [0.25, 0.3) is 0 Å². The minimum atomic E-state index is -0.0862. The molecular formula is C12H14FN. The van der Waals surface area contributed by atoms with Gasteiger partial charge >= 0.3 is 0 Å². The summed E-state index contributed by atoms with van der Waals surface area (Å²) in [5.74, 6) is -0.0862. The third-order valence-corrected chi connectivity index (χ3v) is 3.73. The Kier molecular flexibility index (Phi) is 1.68. The van der Waals surface area contributed by atoms with Gasteiger partial charge < -0.3 is 5.32 Å². The Balaban J connectivity index is 2.12. The average Bonchev–Trinajstić information content (AvgIpc) is 2.14. The quantitative estimate of drug-likeness (QED) is 0.663. The highest BCUT2D eigenvalue weighted by molar-refractivity contribution is 5.39. The fourth-order valence-corrected chi connectivity index (χ4v) is 2.78. The molecule has 0 radical (unpaired) electrons. The van der Waals surface area contributed by atoms with Crippen LogP contribution in [0.3, 0.4) is 0 Å². The molecule has 0 saturated heterocycles. The Morgan fingerprint density at radius 2 is 2.14 bits per heavy atom. The smallest absolute Gasteiger partial charge is 0.123 e. The SMILES string of the molecule is Fc1ccc2c(c1)C1(CCC1)CNC2. The lowest BCUT2D eigenvalue weighted by molar-refractivity contribution is 0.218. The van der Waals surface area contributed by atoms with E-state index in [-0.39, 0.29) is 11.2 Å². The maximum atomic E-state index is 13.2. The molecule has 14 heavy (non-hydrogen) atoms. The number of nitrogens with one attached hydrogen (secondary N) is 1. The van der Waals surface area contributed by atoms with E-state index in [1.807, 2.05) is 6.07 Å². The third-order valence-electron chi connectivity index (χ3n) is 3.73. The average molecular weight is 191 g/mol. The summed E-state index contributed by atoms with van der Waals surface area (Å²) in [4.78, 5) is 0.